The molecule has 0 rings (SSSR count). The molecule has 6 nitrogen and oxygen atoms in total. The van der Waals surface area contributed by atoms with Crippen molar-refractivity contribution in [3.05, 3.63) is 0 Å². The maximum absolute atomic E-state index is 11.6. The highest BCUT2D eigenvalue weighted by molar-refractivity contribution is 5.98. The average Bonchev–Trinajstić information content (AvgIpc) is 2.15. The van der Waals surface area contributed by atoms with Crippen LogP contribution >= 0.6 is 0 Å². The second kappa shape index (κ2) is 6.88. The highest BCUT2D eigenvalue weighted by atomic mass is 19.4. The molecule has 0 bridgehead atoms. The third-order valence-corrected chi connectivity index (χ3v) is 1.30. The summed E-state index contributed by atoms with van der Waals surface area (Å²) in [6.45, 7) is -1.70. The molecule has 94 valence electrons. The Balaban J connectivity index is 3.49. The molecule has 4 N–H and O–H groups in total. The molecule has 0 spiro atoms. The molecule has 1 amide bonds. The Bertz CT molecular complexity index is 255. The second-order valence-electron chi connectivity index (χ2n) is 2.79. The van der Waals surface area contributed by atoms with Gasteiger partial charge in [-0.2, -0.15) is 13.2 Å². The fraction of sp³-hybridized carbons (Fsp3) is 0.714. The van der Waals surface area contributed by atoms with Crippen LogP contribution in [0, 0.1) is 0 Å². The van der Waals surface area contributed by atoms with Crippen LogP contribution in [0.15, 0.2) is 5.16 Å². The van der Waals surface area contributed by atoms with E-state index in [2.05, 4.69) is 15.2 Å². The SMILES string of the molecule is NC(CC(=O)NCCOCC(F)(F)F)=NO. The van der Waals surface area contributed by atoms with Gasteiger partial charge in [0, 0.05) is 6.54 Å². The van der Waals surface area contributed by atoms with Gasteiger partial charge in [-0.25, -0.2) is 0 Å². The van der Waals surface area contributed by atoms with Crippen LogP contribution in [0.2, 0.25) is 0 Å². The first-order valence-corrected chi connectivity index (χ1v) is 4.22. The smallest absolute Gasteiger partial charge is 0.409 e. The first-order chi connectivity index (χ1) is 7.35. The van der Waals surface area contributed by atoms with E-state index in [4.69, 9.17) is 10.9 Å². The molecule has 0 aliphatic rings. The van der Waals surface area contributed by atoms with E-state index < -0.39 is 18.7 Å². The van der Waals surface area contributed by atoms with Gasteiger partial charge in [0.25, 0.3) is 0 Å². The summed E-state index contributed by atoms with van der Waals surface area (Å²) in [5.41, 5.74) is 5.02. The van der Waals surface area contributed by atoms with Gasteiger partial charge < -0.3 is 21.0 Å². The van der Waals surface area contributed by atoms with Gasteiger partial charge in [-0.3, -0.25) is 4.79 Å². The van der Waals surface area contributed by atoms with E-state index in [0.717, 1.165) is 0 Å². The third kappa shape index (κ3) is 9.06. The van der Waals surface area contributed by atoms with Crippen LogP contribution in [0.5, 0.6) is 0 Å². The summed E-state index contributed by atoms with van der Waals surface area (Å²) < 4.78 is 39.0. The number of carbonyl (C=O) groups excluding carboxylic acids is 1. The Labute approximate surface area is 89.2 Å². The molecule has 0 aliphatic carbocycles. The van der Waals surface area contributed by atoms with Crippen LogP contribution in [0.25, 0.3) is 0 Å². The number of rotatable bonds is 6. The number of halogens is 3. The standard InChI is InChI=1S/C7H12F3N3O3/c8-7(9,10)4-16-2-1-12-6(14)3-5(11)13-15/h15H,1-4H2,(H2,11,13)(H,12,14). The van der Waals surface area contributed by atoms with Crippen LogP contribution in [-0.2, 0) is 9.53 Å². The monoisotopic (exact) mass is 243 g/mol. The number of oxime groups is 1. The van der Waals surface area contributed by atoms with E-state index in [-0.39, 0.29) is 25.4 Å². The van der Waals surface area contributed by atoms with Gasteiger partial charge in [0.15, 0.2) is 0 Å². The molecular weight excluding hydrogens is 231 g/mol. The molecule has 0 atom stereocenters. The summed E-state index contributed by atoms with van der Waals surface area (Å²) in [5.74, 6) is -0.848. The summed E-state index contributed by atoms with van der Waals surface area (Å²) in [5, 5.41) is 12.9. The van der Waals surface area contributed by atoms with E-state index in [0.29, 0.717) is 0 Å². The largest absolute Gasteiger partial charge is 0.411 e. The van der Waals surface area contributed by atoms with Gasteiger partial charge in [0.05, 0.1) is 13.0 Å². The topological polar surface area (TPSA) is 96.9 Å². The molecule has 0 aromatic heterocycles. The van der Waals surface area contributed by atoms with Crippen molar-refractivity contribution < 1.29 is 27.9 Å². The molecule has 16 heavy (non-hydrogen) atoms. The number of carbonyl (C=O) groups is 1. The van der Waals surface area contributed by atoms with Crippen molar-refractivity contribution >= 4 is 11.7 Å². The quantitative estimate of drug-likeness (QED) is 0.198. The van der Waals surface area contributed by atoms with Crippen molar-refractivity contribution in [2.75, 3.05) is 19.8 Å². The fourth-order valence-electron chi connectivity index (χ4n) is 0.713. The number of amidine groups is 1. The van der Waals surface area contributed by atoms with Gasteiger partial charge >= 0.3 is 6.18 Å². The zero-order valence-corrected chi connectivity index (χ0v) is 8.25. The molecule has 0 aromatic rings. The summed E-state index contributed by atoms with van der Waals surface area (Å²) in [7, 11) is 0. The van der Waals surface area contributed by atoms with Gasteiger partial charge in [-0.15, -0.1) is 0 Å². The van der Waals surface area contributed by atoms with Crippen LogP contribution in [0.4, 0.5) is 13.2 Å². The number of ether oxygens (including phenoxy) is 1. The van der Waals surface area contributed by atoms with E-state index in [1.54, 1.807) is 0 Å². The van der Waals surface area contributed by atoms with Crippen molar-refractivity contribution in [3.8, 4) is 0 Å². The van der Waals surface area contributed by atoms with Crippen molar-refractivity contribution in [1.29, 1.82) is 0 Å². The molecule has 0 aliphatic heterocycles. The minimum absolute atomic E-state index is 0.0758. The molecule has 0 saturated carbocycles. The Morgan fingerprint density at radius 3 is 2.62 bits per heavy atom. The number of hydrogen-bond acceptors (Lipinski definition) is 4. The van der Waals surface area contributed by atoms with Gasteiger partial charge in [-0.1, -0.05) is 5.16 Å². The molecule has 9 heteroatoms. The first-order valence-electron chi connectivity index (χ1n) is 4.22. The van der Waals surface area contributed by atoms with Crippen molar-refractivity contribution in [3.63, 3.8) is 0 Å². The number of nitrogens with one attached hydrogen (secondary N) is 1. The van der Waals surface area contributed by atoms with Crippen LogP contribution in [-0.4, -0.2) is 42.9 Å². The lowest BCUT2D eigenvalue weighted by molar-refractivity contribution is -0.173. The summed E-state index contributed by atoms with van der Waals surface area (Å²) in [6.07, 6.45) is -4.70. The highest BCUT2D eigenvalue weighted by Gasteiger charge is 2.27. The summed E-state index contributed by atoms with van der Waals surface area (Å²) >= 11 is 0. The highest BCUT2D eigenvalue weighted by Crippen LogP contribution is 2.13. The molecular formula is C7H12F3N3O3. The number of amides is 1. The lowest BCUT2D eigenvalue weighted by Crippen LogP contribution is -2.31. The van der Waals surface area contributed by atoms with E-state index >= 15 is 0 Å². The predicted octanol–water partition coefficient (Wildman–Crippen LogP) is -0.182. The minimum Gasteiger partial charge on any atom is -0.409 e. The van der Waals surface area contributed by atoms with Gasteiger partial charge in [0.2, 0.25) is 5.91 Å². The summed E-state index contributed by atoms with van der Waals surface area (Å²) in [4.78, 5) is 10.9. The number of nitrogens with zero attached hydrogens (tertiary/aromatic N) is 1. The zero-order chi connectivity index (χ0) is 12.6. The lowest BCUT2D eigenvalue weighted by atomic mass is 10.4. The second-order valence-corrected chi connectivity index (χ2v) is 2.79. The Hall–Kier alpha value is -1.51. The number of hydrogen-bond donors (Lipinski definition) is 3. The van der Waals surface area contributed by atoms with E-state index in [9.17, 15) is 18.0 Å². The Morgan fingerprint density at radius 1 is 1.50 bits per heavy atom. The summed E-state index contributed by atoms with van der Waals surface area (Å²) in [6, 6.07) is 0. The first kappa shape index (κ1) is 14.5. The van der Waals surface area contributed by atoms with Crippen LogP contribution in [0.3, 0.4) is 0 Å². The third-order valence-electron chi connectivity index (χ3n) is 1.30. The number of nitrogens with two attached hydrogens (primary N) is 1. The lowest BCUT2D eigenvalue weighted by Gasteiger charge is -2.08. The number of alkyl halides is 3. The zero-order valence-electron chi connectivity index (χ0n) is 8.25. The van der Waals surface area contributed by atoms with Crippen LogP contribution < -0.4 is 11.1 Å². The van der Waals surface area contributed by atoms with Crippen molar-refractivity contribution in [2.45, 2.75) is 12.6 Å². The molecule has 0 fully saturated rings. The van der Waals surface area contributed by atoms with Crippen molar-refractivity contribution in [2.24, 2.45) is 10.9 Å². The van der Waals surface area contributed by atoms with Crippen molar-refractivity contribution in [1.82, 2.24) is 5.32 Å². The average molecular weight is 243 g/mol. The molecule has 0 saturated heterocycles. The predicted molar refractivity (Wildman–Crippen MR) is 47.9 cm³/mol. The molecule has 0 aromatic carbocycles. The maximum atomic E-state index is 11.6. The van der Waals surface area contributed by atoms with E-state index in [1.165, 1.54) is 0 Å². The van der Waals surface area contributed by atoms with Gasteiger partial charge in [0.1, 0.15) is 12.4 Å². The Kier molecular flexibility index (Phi) is 6.23. The Morgan fingerprint density at radius 2 is 2.12 bits per heavy atom. The molecule has 0 heterocycles. The normalized spacial score (nSPS) is 12.6. The van der Waals surface area contributed by atoms with Gasteiger partial charge in [-0.05, 0) is 0 Å². The van der Waals surface area contributed by atoms with E-state index in [1.807, 2.05) is 0 Å². The maximum Gasteiger partial charge on any atom is 0.411 e. The molecule has 0 unspecified atom stereocenters. The fourth-order valence-corrected chi connectivity index (χ4v) is 0.713. The molecule has 0 radical (unpaired) electrons. The minimum atomic E-state index is -4.38. The van der Waals surface area contributed by atoms with Crippen LogP contribution in [0.1, 0.15) is 6.42 Å².